The van der Waals surface area contributed by atoms with Gasteiger partial charge in [-0.2, -0.15) is 0 Å². The Bertz CT molecular complexity index is 897. The standard InChI is InChI=1S/C30H40O2/c1-6-8-23-15-20-29(31)25(10-7-9-22-11-18-27(32-5)19-12-22)21-28(23)24-13-16-26(17-14-24)30(2,3)4/h11-14,16-19,21,23,28H,6-10,15,20H2,1-5H3. The summed E-state index contributed by atoms with van der Waals surface area (Å²) in [5.74, 6) is 2.13. The molecule has 2 nitrogen and oxygen atoms in total. The Morgan fingerprint density at radius 2 is 1.66 bits per heavy atom. The second-order valence-corrected chi connectivity index (χ2v) is 10.3. The summed E-state index contributed by atoms with van der Waals surface area (Å²) in [4.78, 5) is 13.0. The van der Waals surface area contributed by atoms with E-state index in [4.69, 9.17) is 4.74 Å². The van der Waals surface area contributed by atoms with Crippen LogP contribution in [0.15, 0.2) is 60.2 Å². The highest BCUT2D eigenvalue weighted by Crippen LogP contribution is 2.38. The molecule has 0 aliphatic heterocycles. The molecular weight excluding hydrogens is 392 g/mol. The summed E-state index contributed by atoms with van der Waals surface area (Å²) in [6.07, 6.45) is 9.20. The van der Waals surface area contributed by atoms with Gasteiger partial charge in [-0.05, 0) is 77.8 Å². The van der Waals surface area contributed by atoms with Crippen molar-refractivity contribution in [3.63, 3.8) is 0 Å². The molecule has 2 unspecified atom stereocenters. The lowest BCUT2D eigenvalue weighted by Gasteiger charge is -2.25. The number of benzene rings is 2. The Balaban J connectivity index is 1.77. The van der Waals surface area contributed by atoms with Gasteiger partial charge >= 0.3 is 0 Å². The van der Waals surface area contributed by atoms with Crippen LogP contribution in [0.2, 0.25) is 0 Å². The Morgan fingerprint density at radius 1 is 0.969 bits per heavy atom. The van der Waals surface area contributed by atoms with E-state index in [9.17, 15) is 4.79 Å². The van der Waals surface area contributed by atoms with Gasteiger partial charge in [0.25, 0.3) is 0 Å². The van der Waals surface area contributed by atoms with Gasteiger partial charge in [-0.25, -0.2) is 0 Å². The molecule has 0 spiro atoms. The van der Waals surface area contributed by atoms with E-state index in [1.54, 1.807) is 7.11 Å². The number of Topliss-reactive ketones (excluding diaryl/α,β-unsaturated/α-hetero) is 1. The van der Waals surface area contributed by atoms with Crippen LogP contribution in [-0.4, -0.2) is 12.9 Å². The zero-order valence-corrected chi connectivity index (χ0v) is 20.6. The third-order valence-corrected chi connectivity index (χ3v) is 6.88. The highest BCUT2D eigenvalue weighted by Gasteiger charge is 2.27. The van der Waals surface area contributed by atoms with Gasteiger partial charge < -0.3 is 4.74 Å². The monoisotopic (exact) mass is 432 g/mol. The summed E-state index contributed by atoms with van der Waals surface area (Å²) < 4.78 is 5.25. The maximum Gasteiger partial charge on any atom is 0.158 e. The molecule has 0 aromatic heterocycles. The van der Waals surface area contributed by atoms with E-state index in [-0.39, 0.29) is 5.41 Å². The minimum Gasteiger partial charge on any atom is -0.497 e. The molecule has 32 heavy (non-hydrogen) atoms. The second kappa shape index (κ2) is 11.0. The van der Waals surface area contributed by atoms with Crippen LogP contribution in [0.4, 0.5) is 0 Å². The maximum atomic E-state index is 13.0. The van der Waals surface area contributed by atoms with Gasteiger partial charge in [-0.1, -0.05) is 76.6 Å². The van der Waals surface area contributed by atoms with Crippen LogP contribution in [0.3, 0.4) is 0 Å². The number of methoxy groups -OCH3 is 1. The fourth-order valence-corrected chi connectivity index (χ4v) is 4.87. The normalized spacial score (nSPS) is 19.4. The maximum absolute atomic E-state index is 13.0. The molecule has 0 bridgehead atoms. The fraction of sp³-hybridized carbons (Fsp3) is 0.500. The number of carbonyl (C=O) groups is 1. The first-order valence-corrected chi connectivity index (χ1v) is 12.3. The molecule has 2 aromatic carbocycles. The number of rotatable bonds is 8. The number of hydrogen-bond donors (Lipinski definition) is 0. The van der Waals surface area contributed by atoms with E-state index in [2.05, 4.69) is 70.2 Å². The molecule has 2 heteroatoms. The van der Waals surface area contributed by atoms with Gasteiger partial charge in [-0.15, -0.1) is 0 Å². The van der Waals surface area contributed by atoms with Crippen molar-refractivity contribution in [2.45, 2.75) is 84.0 Å². The molecule has 1 aliphatic rings. The van der Waals surface area contributed by atoms with Crippen molar-refractivity contribution in [2.24, 2.45) is 5.92 Å². The highest BCUT2D eigenvalue weighted by atomic mass is 16.5. The van der Waals surface area contributed by atoms with Gasteiger partial charge in [-0.3, -0.25) is 4.79 Å². The number of allylic oxidation sites excluding steroid dienone is 2. The molecule has 2 aromatic rings. The molecule has 2 atom stereocenters. The Morgan fingerprint density at radius 3 is 2.25 bits per heavy atom. The fourth-order valence-electron chi connectivity index (χ4n) is 4.87. The molecule has 3 rings (SSSR count). The zero-order chi connectivity index (χ0) is 23.1. The van der Waals surface area contributed by atoms with Crippen LogP contribution in [-0.2, 0) is 16.6 Å². The average molecular weight is 433 g/mol. The smallest absolute Gasteiger partial charge is 0.158 e. The largest absolute Gasteiger partial charge is 0.497 e. The lowest BCUT2D eigenvalue weighted by Crippen LogP contribution is -2.13. The number of hydrogen-bond acceptors (Lipinski definition) is 2. The van der Waals surface area contributed by atoms with Gasteiger partial charge in [0.1, 0.15) is 5.75 Å². The number of carbonyl (C=O) groups excluding carboxylic acids is 1. The molecule has 172 valence electrons. The summed E-state index contributed by atoms with van der Waals surface area (Å²) in [6, 6.07) is 17.4. The third kappa shape index (κ3) is 6.34. The summed E-state index contributed by atoms with van der Waals surface area (Å²) in [5, 5.41) is 0. The zero-order valence-electron chi connectivity index (χ0n) is 20.6. The Hall–Kier alpha value is -2.35. The first-order chi connectivity index (χ1) is 15.3. The van der Waals surface area contributed by atoms with E-state index in [0.717, 1.165) is 43.4 Å². The Kier molecular flexibility index (Phi) is 8.34. The predicted molar refractivity (Wildman–Crippen MR) is 135 cm³/mol. The van der Waals surface area contributed by atoms with Gasteiger partial charge in [0.2, 0.25) is 0 Å². The van der Waals surface area contributed by atoms with E-state index < -0.39 is 0 Å². The van der Waals surface area contributed by atoms with Gasteiger partial charge in [0.15, 0.2) is 5.78 Å². The Labute approximate surface area is 195 Å². The highest BCUT2D eigenvalue weighted by molar-refractivity contribution is 5.95. The molecule has 0 amide bonds. The molecule has 0 saturated heterocycles. The molecule has 0 saturated carbocycles. The number of ether oxygens (including phenoxy) is 1. The SMILES string of the molecule is CCCC1CCC(=O)C(CCCc2ccc(OC)cc2)=CC1c1ccc(C(C)(C)C)cc1. The second-order valence-electron chi connectivity index (χ2n) is 10.3. The molecular formula is C30H40O2. The van der Waals surface area contributed by atoms with Crippen molar-refractivity contribution >= 4 is 5.78 Å². The van der Waals surface area contributed by atoms with Crippen LogP contribution >= 0.6 is 0 Å². The van der Waals surface area contributed by atoms with Crippen LogP contribution in [0.25, 0.3) is 0 Å². The molecule has 1 aliphatic carbocycles. The lowest BCUT2D eigenvalue weighted by molar-refractivity contribution is -0.115. The summed E-state index contributed by atoms with van der Waals surface area (Å²) in [6.45, 7) is 9.03. The summed E-state index contributed by atoms with van der Waals surface area (Å²) >= 11 is 0. The summed E-state index contributed by atoms with van der Waals surface area (Å²) in [5.41, 5.74) is 5.22. The van der Waals surface area contributed by atoms with Crippen LogP contribution in [0, 0.1) is 5.92 Å². The van der Waals surface area contributed by atoms with Crippen molar-refractivity contribution in [3.8, 4) is 5.75 Å². The minimum absolute atomic E-state index is 0.156. The van der Waals surface area contributed by atoms with Crippen LogP contribution < -0.4 is 4.74 Å². The number of ketones is 1. The number of aryl methyl sites for hydroxylation is 1. The van der Waals surface area contributed by atoms with E-state index in [1.165, 1.54) is 23.1 Å². The van der Waals surface area contributed by atoms with E-state index >= 15 is 0 Å². The first kappa shape index (κ1) is 24.3. The minimum atomic E-state index is 0.156. The quantitative estimate of drug-likeness (QED) is 0.425. The van der Waals surface area contributed by atoms with Crippen molar-refractivity contribution in [1.82, 2.24) is 0 Å². The summed E-state index contributed by atoms with van der Waals surface area (Å²) in [7, 11) is 1.69. The van der Waals surface area contributed by atoms with Crippen molar-refractivity contribution in [2.75, 3.05) is 7.11 Å². The molecule has 0 radical (unpaired) electrons. The van der Waals surface area contributed by atoms with Crippen LogP contribution in [0.5, 0.6) is 5.75 Å². The van der Waals surface area contributed by atoms with Crippen LogP contribution in [0.1, 0.15) is 88.8 Å². The van der Waals surface area contributed by atoms with E-state index in [1.807, 2.05) is 12.1 Å². The van der Waals surface area contributed by atoms with E-state index in [0.29, 0.717) is 24.0 Å². The van der Waals surface area contributed by atoms with Crippen molar-refractivity contribution in [3.05, 3.63) is 76.9 Å². The van der Waals surface area contributed by atoms with Crippen molar-refractivity contribution in [1.29, 1.82) is 0 Å². The topological polar surface area (TPSA) is 26.3 Å². The molecule has 0 heterocycles. The van der Waals surface area contributed by atoms with Gasteiger partial charge in [0, 0.05) is 12.3 Å². The average Bonchev–Trinajstić information content (AvgIpc) is 2.93. The predicted octanol–water partition coefficient (Wildman–Crippen LogP) is 7.80. The third-order valence-electron chi connectivity index (χ3n) is 6.88. The van der Waals surface area contributed by atoms with Gasteiger partial charge in [0.05, 0.1) is 7.11 Å². The lowest BCUT2D eigenvalue weighted by atomic mass is 9.79. The first-order valence-electron chi connectivity index (χ1n) is 12.3. The molecule has 0 N–H and O–H groups in total. The molecule has 0 fully saturated rings. The van der Waals surface area contributed by atoms with Crippen molar-refractivity contribution < 1.29 is 9.53 Å².